The fraction of sp³-hybridized carbons (Fsp3) is 0.643. The zero-order chi connectivity index (χ0) is 12.5. The largest absolute Gasteiger partial charge is 0.375 e. The second kappa shape index (κ2) is 8.20. The molecule has 0 aliphatic rings. The molecule has 0 bridgehead atoms. The first-order valence-electron chi connectivity index (χ1n) is 6.38. The summed E-state index contributed by atoms with van der Waals surface area (Å²) in [6.45, 7) is 6.79. The molecule has 1 N–H and O–H groups in total. The Balaban J connectivity index is 2.18. The number of ether oxygens (including phenoxy) is 1. The summed E-state index contributed by atoms with van der Waals surface area (Å²) in [6.07, 6.45) is 4.27. The van der Waals surface area contributed by atoms with Gasteiger partial charge in [-0.2, -0.15) is 0 Å². The van der Waals surface area contributed by atoms with Gasteiger partial charge in [0.05, 0.1) is 12.3 Å². The van der Waals surface area contributed by atoms with E-state index in [1.54, 1.807) is 0 Å². The van der Waals surface area contributed by atoms with E-state index < -0.39 is 0 Å². The molecule has 0 fully saturated rings. The molecule has 96 valence electrons. The third kappa shape index (κ3) is 6.39. The Morgan fingerprint density at radius 1 is 1.35 bits per heavy atom. The van der Waals surface area contributed by atoms with Crippen molar-refractivity contribution in [1.82, 2.24) is 10.3 Å². The second-order valence-corrected chi connectivity index (χ2v) is 4.78. The summed E-state index contributed by atoms with van der Waals surface area (Å²) in [7, 11) is 1.94. The maximum Gasteiger partial charge on any atom is 0.0887 e. The number of pyridine rings is 1. The van der Waals surface area contributed by atoms with Gasteiger partial charge in [-0.25, -0.2) is 0 Å². The van der Waals surface area contributed by atoms with Gasteiger partial charge in [-0.1, -0.05) is 19.9 Å². The van der Waals surface area contributed by atoms with Gasteiger partial charge in [0, 0.05) is 19.3 Å². The van der Waals surface area contributed by atoms with Crippen molar-refractivity contribution in [3.63, 3.8) is 0 Å². The van der Waals surface area contributed by atoms with Gasteiger partial charge in [-0.15, -0.1) is 0 Å². The van der Waals surface area contributed by atoms with Crippen LogP contribution in [0, 0.1) is 5.92 Å². The molecule has 17 heavy (non-hydrogen) atoms. The minimum absolute atomic E-state index is 0.623. The van der Waals surface area contributed by atoms with E-state index in [2.05, 4.69) is 30.2 Å². The molecule has 1 heterocycles. The molecule has 0 atom stereocenters. The van der Waals surface area contributed by atoms with Crippen LogP contribution in [0.15, 0.2) is 18.3 Å². The van der Waals surface area contributed by atoms with Crippen molar-refractivity contribution >= 4 is 0 Å². The fourth-order valence-corrected chi connectivity index (χ4v) is 1.62. The van der Waals surface area contributed by atoms with Gasteiger partial charge in [-0.3, -0.25) is 4.98 Å². The molecule has 0 amide bonds. The summed E-state index contributed by atoms with van der Waals surface area (Å²) in [5, 5.41) is 3.10. The van der Waals surface area contributed by atoms with Crippen LogP contribution in [0.2, 0.25) is 0 Å². The average Bonchev–Trinajstić information content (AvgIpc) is 2.31. The number of hydrogen-bond donors (Lipinski definition) is 1. The highest BCUT2D eigenvalue weighted by atomic mass is 16.5. The molecule has 1 rings (SSSR count). The Labute approximate surface area is 105 Å². The minimum Gasteiger partial charge on any atom is -0.375 e. The predicted octanol–water partition coefficient (Wildman–Crippen LogP) is 2.75. The summed E-state index contributed by atoms with van der Waals surface area (Å²) >= 11 is 0. The van der Waals surface area contributed by atoms with E-state index >= 15 is 0 Å². The standard InChI is InChI=1S/C14H24N2O/c1-12(2)5-4-8-17-11-14-7-6-13(9-15-3)10-16-14/h6-7,10,12,15H,4-5,8-9,11H2,1-3H3. The van der Waals surface area contributed by atoms with Crippen LogP contribution in [0.3, 0.4) is 0 Å². The molecule has 0 radical (unpaired) electrons. The first-order valence-corrected chi connectivity index (χ1v) is 6.38. The van der Waals surface area contributed by atoms with E-state index in [4.69, 9.17) is 4.74 Å². The lowest BCUT2D eigenvalue weighted by Gasteiger charge is -2.06. The van der Waals surface area contributed by atoms with Gasteiger partial charge >= 0.3 is 0 Å². The third-order valence-corrected chi connectivity index (χ3v) is 2.59. The van der Waals surface area contributed by atoms with Crippen LogP contribution in [0.1, 0.15) is 37.9 Å². The second-order valence-electron chi connectivity index (χ2n) is 4.78. The summed E-state index contributed by atoms with van der Waals surface area (Å²) in [5.74, 6) is 0.762. The van der Waals surface area contributed by atoms with Crippen LogP contribution >= 0.6 is 0 Å². The van der Waals surface area contributed by atoms with Gasteiger partial charge < -0.3 is 10.1 Å². The molecule has 0 unspecified atom stereocenters. The molecule has 0 saturated heterocycles. The monoisotopic (exact) mass is 236 g/mol. The van der Waals surface area contributed by atoms with Gasteiger partial charge in [0.25, 0.3) is 0 Å². The Morgan fingerprint density at radius 2 is 2.18 bits per heavy atom. The summed E-state index contributed by atoms with van der Waals surface area (Å²) in [5.41, 5.74) is 2.21. The van der Waals surface area contributed by atoms with Gasteiger partial charge in [-0.05, 0) is 37.4 Å². The Bertz CT molecular complexity index is 296. The maximum absolute atomic E-state index is 5.59. The Morgan fingerprint density at radius 3 is 2.76 bits per heavy atom. The number of aromatic nitrogens is 1. The molecule has 3 nitrogen and oxygen atoms in total. The molecule has 1 aromatic rings. The van der Waals surface area contributed by atoms with Crippen LogP contribution in [0.4, 0.5) is 0 Å². The highest BCUT2D eigenvalue weighted by Gasteiger charge is 1.97. The lowest BCUT2D eigenvalue weighted by atomic mass is 10.1. The van der Waals surface area contributed by atoms with Gasteiger partial charge in [0.15, 0.2) is 0 Å². The van der Waals surface area contributed by atoms with E-state index in [0.717, 1.165) is 31.2 Å². The van der Waals surface area contributed by atoms with Crippen LogP contribution in [0.25, 0.3) is 0 Å². The van der Waals surface area contributed by atoms with E-state index in [1.807, 2.05) is 19.3 Å². The molecule has 1 aromatic heterocycles. The van der Waals surface area contributed by atoms with Crippen LogP contribution < -0.4 is 5.32 Å². The van der Waals surface area contributed by atoms with Crippen molar-refractivity contribution in [3.8, 4) is 0 Å². The quantitative estimate of drug-likeness (QED) is 0.705. The first-order chi connectivity index (χ1) is 8.22. The molecular formula is C14H24N2O. The zero-order valence-corrected chi connectivity index (χ0v) is 11.2. The van der Waals surface area contributed by atoms with E-state index in [-0.39, 0.29) is 0 Å². The van der Waals surface area contributed by atoms with Crippen molar-refractivity contribution in [2.45, 2.75) is 39.8 Å². The van der Waals surface area contributed by atoms with Crippen LogP contribution in [-0.4, -0.2) is 18.6 Å². The van der Waals surface area contributed by atoms with Crippen molar-refractivity contribution in [1.29, 1.82) is 0 Å². The molecular weight excluding hydrogens is 212 g/mol. The lowest BCUT2D eigenvalue weighted by molar-refractivity contribution is 0.112. The van der Waals surface area contributed by atoms with Crippen molar-refractivity contribution in [2.75, 3.05) is 13.7 Å². The highest BCUT2D eigenvalue weighted by molar-refractivity contribution is 5.13. The van der Waals surface area contributed by atoms with Crippen LogP contribution in [0.5, 0.6) is 0 Å². The number of nitrogens with zero attached hydrogens (tertiary/aromatic N) is 1. The molecule has 3 heteroatoms. The predicted molar refractivity (Wildman–Crippen MR) is 70.7 cm³/mol. The van der Waals surface area contributed by atoms with E-state index in [0.29, 0.717) is 6.61 Å². The summed E-state index contributed by atoms with van der Waals surface area (Å²) in [4.78, 5) is 4.37. The smallest absolute Gasteiger partial charge is 0.0887 e. The van der Waals surface area contributed by atoms with Gasteiger partial charge in [0.2, 0.25) is 0 Å². The summed E-state index contributed by atoms with van der Waals surface area (Å²) in [6, 6.07) is 4.13. The SMILES string of the molecule is CNCc1ccc(COCCCC(C)C)nc1. The number of rotatable bonds is 8. The molecule has 0 aliphatic carbocycles. The normalized spacial score (nSPS) is 11.1. The molecule has 0 aromatic carbocycles. The third-order valence-electron chi connectivity index (χ3n) is 2.59. The van der Waals surface area contributed by atoms with E-state index in [9.17, 15) is 0 Å². The Kier molecular flexibility index (Phi) is 6.82. The highest BCUT2D eigenvalue weighted by Crippen LogP contribution is 2.05. The lowest BCUT2D eigenvalue weighted by Crippen LogP contribution is -2.06. The van der Waals surface area contributed by atoms with E-state index in [1.165, 1.54) is 12.0 Å². The van der Waals surface area contributed by atoms with Crippen molar-refractivity contribution < 1.29 is 4.74 Å². The maximum atomic E-state index is 5.59. The average molecular weight is 236 g/mol. The summed E-state index contributed by atoms with van der Waals surface area (Å²) < 4.78 is 5.59. The topological polar surface area (TPSA) is 34.1 Å². The van der Waals surface area contributed by atoms with Gasteiger partial charge in [0.1, 0.15) is 0 Å². The zero-order valence-electron chi connectivity index (χ0n) is 11.2. The van der Waals surface area contributed by atoms with Crippen molar-refractivity contribution in [2.24, 2.45) is 5.92 Å². The van der Waals surface area contributed by atoms with Crippen molar-refractivity contribution in [3.05, 3.63) is 29.6 Å². The minimum atomic E-state index is 0.623. The molecule has 0 aliphatic heterocycles. The molecule has 0 spiro atoms. The molecule has 0 saturated carbocycles. The fourth-order valence-electron chi connectivity index (χ4n) is 1.62. The Hall–Kier alpha value is -0.930. The first kappa shape index (κ1) is 14.1. The number of nitrogens with one attached hydrogen (secondary N) is 1. The van der Waals surface area contributed by atoms with Crippen LogP contribution in [-0.2, 0) is 17.9 Å². The number of hydrogen-bond acceptors (Lipinski definition) is 3.